The molecule has 29 heavy (non-hydrogen) atoms. The van der Waals surface area contributed by atoms with Gasteiger partial charge in [-0.25, -0.2) is 4.39 Å². The summed E-state index contributed by atoms with van der Waals surface area (Å²) in [6.45, 7) is 0.897. The number of nitriles is 1. The van der Waals surface area contributed by atoms with Crippen molar-refractivity contribution in [1.82, 2.24) is 10.2 Å². The van der Waals surface area contributed by atoms with Gasteiger partial charge in [-0.05, 0) is 37.8 Å². The number of carbonyl (C=O) groups excluding carboxylic acids is 2. The van der Waals surface area contributed by atoms with Gasteiger partial charge in [-0.15, -0.1) is 0 Å². The lowest BCUT2D eigenvalue weighted by Crippen LogP contribution is -2.48. The van der Waals surface area contributed by atoms with Crippen LogP contribution in [0, 0.1) is 23.1 Å². The number of likely N-dealkylation sites (tertiary alicyclic amines) is 1. The SMILES string of the molecule is N#C[C@H]1C[C@@H](OCC(=O)N2CCC(NC(=O)COc3ccc(Cl)c(F)c3)CC2)C1. The Labute approximate surface area is 173 Å². The fourth-order valence-corrected chi connectivity index (χ4v) is 3.46. The molecule has 0 radical (unpaired) electrons. The van der Waals surface area contributed by atoms with E-state index in [-0.39, 0.29) is 53.9 Å². The summed E-state index contributed by atoms with van der Waals surface area (Å²) < 4.78 is 24.2. The summed E-state index contributed by atoms with van der Waals surface area (Å²) in [5, 5.41) is 11.6. The van der Waals surface area contributed by atoms with Crippen LogP contribution in [0.25, 0.3) is 0 Å². The number of ether oxygens (including phenoxy) is 2. The van der Waals surface area contributed by atoms with Crippen LogP contribution in [0.5, 0.6) is 5.75 Å². The number of hydrogen-bond donors (Lipinski definition) is 1. The van der Waals surface area contributed by atoms with E-state index in [4.69, 9.17) is 26.3 Å². The van der Waals surface area contributed by atoms with Crippen LogP contribution < -0.4 is 10.1 Å². The summed E-state index contributed by atoms with van der Waals surface area (Å²) in [5.41, 5.74) is 0. The average molecular weight is 424 g/mol. The number of rotatable bonds is 7. The highest BCUT2D eigenvalue weighted by atomic mass is 35.5. The number of nitrogens with one attached hydrogen (secondary N) is 1. The molecular formula is C20H23ClFN3O4. The van der Waals surface area contributed by atoms with Crippen LogP contribution >= 0.6 is 11.6 Å². The van der Waals surface area contributed by atoms with Gasteiger partial charge in [0.15, 0.2) is 6.61 Å². The molecule has 0 atom stereocenters. The van der Waals surface area contributed by atoms with Gasteiger partial charge in [-0.2, -0.15) is 5.26 Å². The van der Waals surface area contributed by atoms with Gasteiger partial charge in [-0.3, -0.25) is 9.59 Å². The molecule has 9 heteroatoms. The molecule has 0 unspecified atom stereocenters. The van der Waals surface area contributed by atoms with Gasteiger partial charge in [0.1, 0.15) is 18.2 Å². The van der Waals surface area contributed by atoms with E-state index in [2.05, 4.69) is 11.4 Å². The normalized spacial score (nSPS) is 21.8. The maximum atomic E-state index is 13.4. The first-order valence-corrected chi connectivity index (χ1v) is 9.98. The summed E-state index contributed by atoms with van der Waals surface area (Å²) in [7, 11) is 0. The van der Waals surface area contributed by atoms with E-state index in [1.807, 2.05) is 0 Å². The molecule has 7 nitrogen and oxygen atoms in total. The highest BCUT2D eigenvalue weighted by molar-refractivity contribution is 6.30. The van der Waals surface area contributed by atoms with Gasteiger partial charge in [0.05, 0.1) is 23.1 Å². The second kappa shape index (κ2) is 9.90. The Bertz CT molecular complexity index is 786. The molecule has 2 amide bonds. The number of hydrogen-bond acceptors (Lipinski definition) is 5. The van der Waals surface area contributed by atoms with Crippen LogP contribution in [0.3, 0.4) is 0 Å². The molecule has 1 aromatic carbocycles. The first kappa shape index (κ1) is 21.3. The molecule has 0 spiro atoms. The number of nitrogens with zero attached hydrogens (tertiary/aromatic N) is 2. The standard InChI is InChI=1S/C20H23ClFN3O4/c21-17-2-1-15(9-18(17)22)28-11-19(26)24-14-3-5-25(6-4-14)20(27)12-29-16-7-13(8-16)10-23/h1-2,9,13-14,16H,3-8,11-12H2,(H,24,26)/t13-,16+. The number of piperidine rings is 1. The molecular weight excluding hydrogens is 401 g/mol. The zero-order chi connectivity index (χ0) is 20.8. The Morgan fingerprint density at radius 1 is 1.28 bits per heavy atom. The number of amides is 2. The molecule has 1 heterocycles. The molecule has 1 aliphatic heterocycles. The predicted molar refractivity (Wildman–Crippen MR) is 103 cm³/mol. The summed E-state index contributed by atoms with van der Waals surface area (Å²) in [6, 6.07) is 6.14. The van der Waals surface area contributed by atoms with E-state index < -0.39 is 5.82 Å². The van der Waals surface area contributed by atoms with Gasteiger partial charge in [0, 0.05) is 25.2 Å². The van der Waals surface area contributed by atoms with Crippen LogP contribution in [0.2, 0.25) is 5.02 Å². The maximum Gasteiger partial charge on any atom is 0.258 e. The highest BCUT2D eigenvalue weighted by Gasteiger charge is 2.31. The van der Waals surface area contributed by atoms with Crippen LogP contribution in [-0.2, 0) is 14.3 Å². The molecule has 1 saturated carbocycles. The third-order valence-electron chi connectivity index (χ3n) is 5.19. The zero-order valence-corrected chi connectivity index (χ0v) is 16.7. The molecule has 0 bridgehead atoms. The topological polar surface area (TPSA) is 91.7 Å². The average Bonchev–Trinajstić information content (AvgIpc) is 2.68. The number of benzene rings is 1. The van der Waals surface area contributed by atoms with E-state index in [1.165, 1.54) is 12.1 Å². The second-order valence-corrected chi connectivity index (χ2v) is 7.72. The summed E-state index contributed by atoms with van der Waals surface area (Å²) in [4.78, 5) is 26.0. The zero-order valence-electron chi connectivity index (χ0n) is 15.9. The van der Waals surface area contributed by atoms with Crippen molar-refractivity contribution in [2.24, 2.45) is 5.92 Å². The largest absolute Gasteiger partial charge is 0.484 e. The Hall–Kier alpha value is -2.37. The quantitative estimate of drug-likeness (QED) is 0.726. The van der Waals surface area contributed by atoms with E-state index >= 15 is 0 Å². The summed E-state index contributed by atoms with van der Waals surface area (Å²) in [6.07, 6.45) is 2.69. The first-order chi connectivity index (χ1) is 13.9. The molecule has 0 aromatic heterocycles. The van der Waals surface area contributed by atoms with Crippen molar-refractivity contribution in [1.29, 1.82) is 5.26 Å². The molecule has 2 fully saturated rings. The summed E-state index contributed by atoms with van der Waals surface area (Å²) in [5.74, 6) is -0.686. The van der Waals surface area contributed by atoms with E-state index in [1.54, 1.807) is 4.90 Å². The lowest BCUT2D eigenvalue weighted by Gasteiger charge is -2.34. The fourth-order valence-electron chi connectivity index (χ4n) is 3.35. The van der Waals surface area contributed by atoms with Crippen molar-refractivity contribution >= 4 is 23.4 Å². The molecule has 1 N–H and O–H groups in total. The third-order valence-corrected chi connectivity index (χ3v) is 5.50. The third kappa shape index (κ3) is 6.05. The van der Waals surface area contributed by atoms with Gasteiger partial charge in [0.2, 0.25) is 5.91 Å². The minimum absolute atomic E-state index is 0.00689. The number of halogens is 2. The van der Waals surface area contributed by atoms with Crippen LogP contribution in [-0.4, -0.2) is 55.2 Å². The lowest BCUT2D eigenvalue weighted by molar-refractivity contribution is -0.142. The van der Waals surface area contributed by atoms with E-state index in [0.717, 1.165) is 6.07 Å². The van der Waals surface area contributed by atoms with E-state index in [0.29, 0.717) is 38.8 Å². The smallest absolute Gasteiger partial charge is 0.258 e. The Kier molecular flexibility index (Phi) is 7.29. The van der Waals surface area contributed by atoms with Crippen molar-refractivity contribution < 1.29 is 23.5 Å². The first-order valence-electron chi connectivity index (χ1n) is 9.61. The van der Waals surface area contributed by atoms with Crippen molar-refractivity contribution in [2.45, 2.75) is 37.8 Å². The van der Waals surface area contributed by atoms with Crippen LogP contribution in [0.1, 0.15) is 25.7 Å². The van der Waals surface area contributed by atoms with Crippen LogP contribution in [0.15, 0.2) is 18.2 Å². The molecule has 1 aromatic rings. The molecule has 1 aliphatic carbocycles. The monoisotopic (exact) mass is 423 g/mol. The molecule has 1 saturated heterocycles. The van der Waals surface area contributed by atoms with Gasteiger partial charge in [-0.1, -0.05) is 11.6 Å². The van der Waals surface area contributed by atoms with Gasteiger partial charge >= 0.3 is 0 Å². The van der Waals surface area contributed by atoms with Crippen LogP contribution in [0.4, 0.5) is 4.39 Å². The van der Waals surface area contributed by atoms with Crippen molar-refractivity contribution in [3.8, 4) is 11.8 Å². The lowest BCUT2D eigenvalue weighted by atomic mass is 9.83. The van der Waals surface area contributed by atoms with Crippen molar-refractivity contribution in [2.75, 3.05) is 26.3 Å². The number of carbonyl (C=O) groups is 2. The fraction of sp³-hybridized carbons (Fsp3) is 0.550. The minimum Gasteiger partial charge on any atom is -0.484 e. The Morgan fingerprint density at radius 2 is 2.00 bits per heavy atom. The second-order valence-electron chi connectivity index (χ2n) is 7.32. The van der Waals surface area contributed by atoms with E-state index in [9.17, 15) is 14.0 Å². The Balaban J connectivity index is 1.31. The van der Waals surface area contributed by atoms with Gasteiger partial charge < -0.3 is 19.7 Å². The molecule has 3 rings (SSSR count). The minimum atomic E-state index is -0.604. The van der Waals surface area contributed by atoms with Gasteiger partial charge in [0.25, 0.3) is 5.91 Å². The van der Waals surface area contributed by atoms with Crippen molar-refractivity contribution in [3.63, 3.8) is 0 Å². The molecule has 156 valence electrons. The molecule has 2 aliphatic rings. The Morgan fingerprint density at radius 3 is 2.66 bits per heavy atom. The predicted octanol–water partition coefficient (Wildman–Crippen LogP) is 2.28. The highest BCUT2D eigenvalue weighted by Crippen LogP contribution is 2.29. The maximum absolute atomic E-state index is 13.4. The summed E-state index contributed by atoms with van der Waals surface area (Å²) >= 11 is 5.61. The van der Waals surface area contributed by atoms with Crippen molar-refractivity contribution in [3.05, 3.63) is 29.0 Å².